The van der Waals surface area contributed by atoms with E-state index in [9.17, 15) is 4.79 Å². The van der Waals surface area contributed by atoms with E-state index in [-0.39, 0.29) is 18.1 Å². The largest absolute Gasteiger partial charge is 0.325 e. The minimum Gasteiger partial charge on any atom is -0.325 e. The maximum Gasteiger partial charge on any atom is 0.240 e. The molecule has 0 aromatic rings. The first kappa shape index (κ1) is 12.5. The summed E-state index contributed by atoms with van der Waals surface area (Å²) in [5.41, 5.74) is 0. The van der Waals surface area contributed by atoms with Crippen LogP contribution in [0.15, 0.2) is 0 Å². The molecule has 0 aliphatic carbocycles. The maximum absolute atomic E-state index is 11.8. The Hall–Kier alpha value is -0.610. The second-order valence-corrected chi connectivity index (χ2v) is 4.24. The zero-order chi connectivity index (χ0) is 11.4. The van der Waals surface area contributed by atoms with Gasteiger partial charge in [0.25, 0.3) is 0 Å². The van der Waals surface area contributed by atoms with Crippen LogP contribution >= 0.6 is 0 Å². The minimum absolute atomic E-state index is 0.0121. The van der Waals surface area contributed by atoms with Gasteiger partial charge in [-0.15, -0.1) is 0 Å². The summed E-state index contributed by atoms with van der Waals surface area (Å²) in [6.07, 6.45) is 1.21. The molecule has 2 atom stereocenters. The molecule has 1 aliphatic heterocycles. The molecular weight excluding hydrogens is 190 g/mol. The summed E-state index contributed by atoms with van der Waals surface area (Å²) in [5.74, 6) is 0.242. The summed E-state index contributed by atoms with van der Waals surface area (Å²) in [4.78, 5) is 16.0. The molecule has 1 rings (SSSR count). The average Bonchev–Trinajstić information content (AvgIpc) is 2.52. The molecule has 0 radical (unpaired) electrons. The fraction of sp³-hybridized carbons (Fsp3) is 0.909. The van der Waals surface area contributed by atoms with Crippen LogP contribution < -0.4 is 5.32 Å². The third kappa shape index (κ3) is 2.92. The molecule has 0 aromatic carbocycles. The standard InChI is InChI=1S/C11H23N3O/c1-5-10-12-9(3)11(15)14(10)8-7-13(4)6-2/h9-10,12H,5-8H2,1-4H3. The number of carbonyl (C=O) groups excluding carboxylic acids is 1. The monoisotopic (exact) mass is 213 g/mol. The summed E-state index contributed by atoms with van der Waals surface area (Å²) in [7, 11) is 2.08. The molecule has 15 heavy (non-hydrogen) atoms. The van der Waals surface area contributed by atoms with E-state index in [1.54, 1.807) is 0 Å². The second-order valence-electron chi connectivity index (χ2n) is 4.24. The van der Waals surface area contributed by atoms with Crippen molar-refractivity contribution in [1.82, 2.24) is 15.1 Å². The van der Waals surface area contributed by atoms with Gasteiger partial charge in [0.2, 0.25) is 5.91 Å². The number of likely N-dealkylation sites (N-methyl/N-ethyl adjacent to an activating group) is 1. The molecule has 0 aromatic heterocycles. The van der Waals surface area contributed by atoms with Gasteiger partial charge in [0.05, 0.1) is 12.2 Å². The molecular formula is C11H23N3O. The summed E-state index contributed by atoms with van der Waals surface area (Å²) < 4.78 is 0. The smallest absolute Gasteiger partial charge is 0.240 e. The maximum atomic E-state index is 11.8. The first-order chi connectivity index (χ1) is 7.10. The highest BCUT2D eigenvalue weighted by Crippen LogP contribution is 2.12. The lowest BCUT2D eigenvalue weighted by Crippen LogP contribution is -2.41. The number of nitrogens with zero attached hydrogens (tertiary/aromatic N) is 2. The number of carbonyl (C=O) groups is 1. The molecule has 1 aliphatic rings. The van der Waals surface area contributed by atoms with Gasteiger partial charge in [-0.25, -0.2) is 0 Å². The zero-order valence-electron chi connectivity index (χ0n) is 10.3. The number of hydrogen-bond acceptors (Lipinski definition) is 3. The molecule has 1 heterocycles. The summed E-state index contributed by atoms with van der Waals surface area (Å²) in [5, 5.41) is 3.30. The van der Waals surface area contributed by atoms with Crippen LogP contribution in [0.4, 0.5) is 0 Å². The van der Waals surface area contributed by atoms with Crippen molar-refractivity contribution in [3.8, 4) is 0 Å². The second kappa shape index (κ2) is 5.47. The summed E-state index contributed by atoms with van der Waals surface area (Å²) in [6.45, 7) is 8.99. The average molecular weight is 213 g/mol. The van der Waals surface area contributed by atoms with E-state index >= 15 is 0 Å². The van der Waals surface area contributed by atoms with Gasteiger partial charge in [-0.3, -0.25) is 10.1 Å². The third-order valence-corrected chi connectivity index (χ3v) is 3.12. The van der Waals surface area contributed by atoms with Crippen LogP contribution in [0.2, 0.25) is 0 Å². The Labute approximate surface area is 92.6 Å². The number of rotatable bonds is 5. The van der Waals surface area contributed by atoms with Gasteiger partial charge in [-0.05, 0) is 26.9 Å². The lowest BCUT2D eigenvalue weighted by Gasteiger charge is -2.25. The molecule has 4 nitrogen and oxygen atoms in total. The molecule has 1 amide bonds. The molecule has 88 valence electrons. The van der Waals surface area contributed by atoms with E-state index in [1.165, 1.54) is 0 Å². The molecule has 0 spiro atoms. The van der Waals surface area contributed by atoms with E-state index in [0.717, 1.165) is 26.1 Å². The number of amides is 1. The Kier molecular flexibility index (Phi) is 4.54. The van der Waals surface area contributed by atoms with Gasteiger partial charge in [-0.1, -0.05) is 13.8 Å². The van der Waals surface area contributed by atoms with Crippen LogP contribution in [-0.4, -0.2) is 54.6 Å². The van der Waals surface area contributed by atoms with Gasteiger partial charge in [-0.2, -0.15) is 0 Å². The van der Waals surface area contributed by atoms with Crippen molar-refractivity contribution in [3.63, 3.8) is 0 Å². The lowest BCUT2D eigenvalue weighted by molar-refractivity contribution is -0.129. The number of hydrogen-bond donors (Lipinski definition) is 1. The van der Waals surface area contributed by atoms with E-state index in [4.69, 9.17) is 0 Å². The fourth-order valence-corrected chi connectivity index (χ4v) is 1.89. The van der Waals surface area contributed by atoms with Gasteiger partial charge in [0.15, 0.2) is 0 Å². The third-order valence-electron chi connectivity index (χ3n) is 3.12. The topological polar surface area (TPSA) is 35.6 Å². The van der Waals surface area contributed by atoms with E-state index in [2.05, 4.69) is 31.1 Å². The van der Waals surface area contributed by atoms with Crippen LogP contribution in [0.5, 0.6) is 0 Å². The molecule has 0 bridgehead atoms. The molecule has 0 saturated carbocycles. The summed E-state index contributed by atoms with van der Waals surface area (Å²) >= 11 is 0. The van der Waals surface area contributed by atoms with Crippen molar-refractivity contribution in [1.29, 1.82) is 0 Å². The van der Waals surface area contributed by atoms with Crippen LogP contribution in [0, 0.1) is 0 Å². The van der Waals surface area contributed by atoms with Crippen molar-refractivity contribution in [3.05, 3.63) is 0 Å². The van der Waals surface area contributed by atoms with Gasteiger partial charge in [0, 0.05) is 13.1 Å². The predicted octanol–water partition coefficient (Wildman–Crippen LogP) is 0.495. The van der Waals surface area contributed by atoms with E-state index < -0.39 is 0 Å². The quantitative estimate of drug-likeness (QED) is 0.722. The van der Waals surface area contributed by atoms with Crippen LogP contribution in [-0.2, 0) is 4.79 Å². The predicted molar refractivity (Wildman–Crippen MR) is 61.6 cm³/mol. The first-order valence-electron chi connectivity index (χ1n) is 5.85. The van der Waals surface area contributed by atoms with Crippen LogP contribution in [0.1, 0.15) is 27.2 Å². The Balaban J connectivity index is 2.47. The van der Waals surface area contributed by atoms with E-state index in [1.807, 2.05) is 11.8 Å². The minimum atomic E-state index is -0.0121. The number of nitrogens with one attached hydrogen (secondary N) is 1. The Morgan fingerprint density at radius 3 is 2.67 bits per heavy atom. The molecule has 2 unspecified atom stereocenters. The highest BCUT2D eigenvalue weighted by atomic mass is 16.2. The SMILES string of the molecule is CCC1NC(C)C(=O)N1CCN(C)CC. The van der Waals surface area contributed by atoms with E-state index in [0.29, 0.717) is 0 Å². The molecule has 4 heteroatoms. The Bertz CT molecular complexity index is 220. The van der Waals surface area contributed by atoms with Crippen molar-refractivity contribution in [2.75, 3.05) is 26.7 Å². The highest BCUT2D eigenvalue weighted by Gasteiger charge is 2.34. The molecule has 1 N–H and O–H groups in total. The highest BCUT2D eigenvalue weighted by molar-refractivity contribution is 5.83. The fourth-order valence-electron chi connectivity index (χ4n) is 1.89. The van der Waals surface area contributed by atoms with Crippen molar-refractivity contribution >= 4 is 5.91 Å². The summed E-state index contributed by atoms with van der Waals surface area (Å²) in [6, 6.07) is -0.0121. The lowest BCUT2D eigenvalue weighted by atomic mass is 10.3. The van der Waals surface area contributed by atoms with Crippen molar-refractivity contribution in [2.45, 2.75) is 39.4 Å². The van der Waals surface area contributed by atoms with Gasteiger partial charge < -0.3 is 9.80 Å². The Morgan fingerprint density at radius 1 is 1.47 bits per heavy atom. The van der Waals surface area contributed by atoms with Crippen molar-refractivity contribution in [2.24, 2.45) is 0 Å². The van der Waals surface area contributed by atoms with Crippen LogP contribution in [0.3, 0.4) is 0 Å². The van der Waals surface area contributed by atoms with Crippen LogP contribution in [0.25, 0.3) is 0 Å². The first-order valence-corrected chi connectivity index (χ1v) is 5.85. The normalized spacial score (nSPS) is 26.7. The van der Waals surface area contributed by atoms with Crippen molar-refractivity contribution < 1.29 is 4.79 Å². The molecule has 1 fully saturated rings. The molecule has 1 saturated heterocycles. The van der Waals surface area contributed by atoms with Gasteiger partial charge >= 0.3 is 0 Å². The zero-order valence-corrected chi connectivity index (χ0v) is 10.3. The van der Waals surface area contributed by atoms with Gasteiger partial charge in [0.1, 0.15) is 0 Å². The Morgan fingerprint density at radius 2 is 2.13 bits per heavy atom.